The molecule has 0 saturated carbocycles. The first-order valence-electron chi connectivity index (χ1n) is 10.8. The summed E-state index contributed by atoms with van der Waals surface area (Å²) in [5.74, 6) is 0.720. The smallest absolute Gasteiger partial charge is 0.223 e. The summed E-state index contributed by atoms with van der Waals surface area (Å²) >= 11 is 0. The minimum absolute atomic E-state index is 0.0394. The van der Waals surface area contributed by atoms with Crippen molar-refractivity contribution in [3.8, 4) is 11.3 Å². The fourth-order valence-corrected chi connectivity index (χ4v) is 3.99. The molecule has 5 nitrogen and oxygen atoms in total. The van der Waals surface area contributed by atoms with E-state index in [0.29, 0.717) is 12.2 Å². The van der Waals surface area contributed by atoms with E-state index in [0.717, 1.165) is 50.2 Å². The summed E-state index contributed by atoms with van der Waals surface area (Å²) in [7, 11) is 0. The van der Waals surface area contributed by atoms with Crippen LogP contribution in [0, 0.1) is 11.7 Å². The highest BCUT2D eigenvalue weighted by molar-refractivity contribution is 5.79. The number of amides is 1. The molecule has 0 aliphatic carbocycles. The van der Waals surface area contributed by atoms with Crippen molar-refractivity contribution in [3.05, 3.63) is 78.4 Å². The number of nitrogens with zero attached hydrogens (tertiary/aromatic N) is 3. The Labute approximate surface area is 182 Å². The molecule has 1 N–H and O–H groups in total. The van der Waals surface area contributed by atoms with Gasteiger partial charge in [0.25, 0.3) is 0 Å². The van der Waals surface area contributed by atoms with Crippen LogP contribution in [0.2, 0.25) is 0 Å². The van der Waals surface area contributed by atoms with Crippen LogP contribution in [0.25, 0.3) is 11.3 Å². The highest BCUT2D eigenvalue weighted by atomic mass is 19.1. The number of aromatic nitrogens is 2. The van der Waals surface area contributed by atoms with Gasteiger partial charge in [-0.15, -0.1) is 0 Å². The number of piperidine rings is 1. The SMILES string of the molecule is O=C(NCCCc1ccccc1)C1CCN(c2cc(-c3cccc(F)c3)ncn2)CC1. The summed E-state index contributed by atoms with van der Waals surface area (Å²) in [6.45, 7) is 2.24. The van der Waals surface area contributed by atoms with Gasteiger partial charge in [0.2, 0.25) is 5.91 Å². The van der Waals surface area contributed by atoms with Crippen molar-refractivity contribution in [2.45, 2.75) is 25.7 Å². The molecule has 4 rings (SSSR count). The molecule has 1 saturated heterocycles. The first-order valence-corrected chi connectivity index (χ1v) is 10.8. The van der Waals surface area contributed by atoms with Crippen LogP contribution in [0.15, 0.2) is 67.0 Å². The monoisotopic (exact) mass is 418 g/mol. The van der Waals surface area contributed by atoms with Crippen molar-refractivity contribution in [3.63, 3.8) is 0 Å². The molecule has 1 fully saturated rings. The second-order valence-corrected chi connectivity index (χ2v) is 7.91. The molecular formula is C25H27FN4O. The Morgan fingerprint density at radius 1 is 1.03 bits per heavy atom. The number of carbonyl (C=O) groups is 1. The van der Waals surface area contributed by atoms with Crippen LogP contribution in [0.1, 0.15) is 24.8 Å². The molecule has 0 spiro atoms. The van der Waals surface area contributed by atoms with Gasteiger partial charge in [-0.2, -0.15) is 0 Å². The molecule has 0 radical (unpaired) electrons. The first kappa shape index (κ1) is 21.0. The van der Waals surface area contributed by atoms with Gasteiger partial charge in [0, 0.05) is 37.2 Å². The van der Waals surface area contributed by atoms with Gasteiger partial charge in [0.05, 0.1) is 5.69 Å². The molecule has 160 valence electrons. The minimum atomic E-state index is -0.284. The number of halogens is 1. The number of hydrogen-bond acceptors (Lipinski definition) is 4. The van der Waals surface area contributed by atoms with Crippen LogP contribution in [0.3, 0.4) is 0 Å². The summed E-state index contributed by atoms with van der Waals surface area (Å²) in [5, 5.41) is 3.09. The van der Waals surface area contributed by atoms with E-state index in [2.05, 4.69) is 32.3 Å². The third-order valence-electron chi connectivity index (χ3n) is 5.75. The highest BCUT2D eigenvalue weighted by Crippen LogP contribution is 2.25. The van der Waals surface area contributed by atoms with Crippen LogP contribution in [-0.2, 0) is 11.2 Å². The number of carbonyl (C=O) groups excluding carboxylic acids is 1. The van der Waals surface area contributed by atoms with Crippen LogP contribution >= 0.6 is 0 Å². The van der Waals surface area contributed by atoms with Gasteiger partial charge in [-0.25, -0.2) is 14.4 Å². The van der Waals surface area contributed by atoms with E-state index >= 15 is 0 Å². The van der Waals surface area contributed by atoms with E-state index in [1.807, 2.05) is 30.3 Å². The lowest BCUT2D eigenvalue weighted by Gasteiger charge is -2.32. The maximum absolute atomic E-state index is 13.5. The Kier molecular flexibility index (Phi) is 6.87. The summed E-state index contributed by atoms with van der Waals surface area (Å²) < 4.78 is 13.5. The average Bonchev–Trinajstić information content (AvgIpc) is 2.82. The highest BCUT2D eigenvalue weighted by Gasteiger charge is 2.25. The largest absolute Gasteiger partial charge is 0.356 e. The van der Waals surface area contributed by atoms with Gasteiger partial charge in [0.1, 0.15) is 18.0 Å². The van der Waals surface area contributed by atoms with Gasteiger partial charge in [-0.3, -0.25) is 4.79 Å². The van der Waals surface area contributed by atoms with Crippen molar-refractivity contribution < 1.29 is 9.18 Å². The molecule has 31 heavy (non-hydrogen) atoms. The number of benzene rings is 2. The summed E-state index contributed by atoms with van der Waals surface area (Å²) in [6, 6.07) is 18.6. The van der Waals surface area contributed by atoms with E-state index in [1.54, 1.807) is 6.07 Å². The van der Waals surface area contributed by atoms with E-state index < -0.39 is 0 Å². The number of anilines is 1. The van der Waals surface area contributed by atoms with Crippen molar-refractivity contribution in [2.75, 3.05) is 24.5 Å². The molecule has 0 atom stereocenters. The lowest BCUT2D eigenvalue weighted by atomic mass is 9.95. The van der Waals surface area contributed by atoms with Gasteiger partial charge >= 0.3 is 0 Å². The number of aryl methyl sites for hydroxylation is 1. The standard InChI is InChI=1S/C25H27FN4O/c26-22-10-4-9-21(16-22)23-17-24(29-18-28-23)30-14-11-20(12-15-30)25(31)27-13-5-8-19-6-2-1-3-7-19/h1-4,6-7,9-10,16-18,20H,5,8,11-15H2,(H,27,31). The number of rotatable bonds is 7. The molecule has 0 bridgehead atoms. The van der Waals surface area contributed by atoms with Crippen LogP contribution < -0.4 is 10.2 Å². The molecule has 1 aliphatic rings. The lowest BCUT2D eigenvalue weighted by Crippen LogP contribution is -2.41. The van der Waals surface area contributed by atoms with Crippen molar-refractivity contribution >= 4 is 11.7 Å². The van der Waals surface area contributed by atoms with Crippen molar-refractivity contribution in [1.29, 1.82) is 0 Å². The number of hydrogen-bond donors (Lipinski definition) is 1. The zero-order valence-electron chi connectivity index (χ0n) is 17.5. The third kappa shape index (κ3) is 5.66. The predicted molar refractivity (Wildman–Crippen MR) is 120 cm³/mol. The molecule has 1 aromatic heterocycles. The third-order valence-corrected chi connectivity index (χ3v) is 5.75. The van der Waals surface area contributed by atoms with E-state index in [1.165, 1.54) is 24.0 Å². The molecule has 2 heterocycles. The summed E-state index contributed by atoms with van der Waals surface area (Å²) in [4.78, 5) is 23.4. The Hall–Kier alpha value is -3.28. The maximum atomic E-state index is 13.5. The molecule has 2 aromatic carbocycles. The van der Waals surface area contributed by atoms with Crippen LogP contribution in [-0.4, -0.2) is 35.5 Å². The van der Waals surface area contributed by atoms with Crippen molar-refractivity contribution in [2.24, 2.45) is 5.92 Å². The Morgan fingerprint density at radius 3 is 2.61 bits per heavy atom. The minimum Gasteiger partial charge on any atom is -0.356 e. The van der Waals surface area contributed by atoms with Gasteiger partial charge in [0.15, 0.2) is 0 Å². The molecule has 1 amide bonds. The predicted octanol–water partition coefficient (Wildman–Crippen LogP) is 4.25. The van der Waals surface area contributed by atoms with Crippen LogP contribution in [0.4, 0.5) is 10.2 Å². The first-order chi connectivity index (χ1) is 15.2. The van der Waals surface area contributed by atoms with Gasteiger partial charge < -0.3 is 10.2 Å². The van der Waals surface area contributed by atoms with E-state index in [-0.39, 0.29) is 17.6 Å². The Morgan fingerprint density at radius 2 is 1.84 bits per heavy atom. The topological polar surface area (TPSA) is 58.1 Å². The second kappa shape index (κ2) is 10.2. The molecule has 3 aromatic rings. The molecule has 0 unspecified atom stereocenters. The van der Waals surface area contributed by atoms with Crippen LogP contribution in [0.5, 0.6) is 0 Å². The summed E-state index contributed by atoms with van der Waals surface area (Å²) in [5.41, 5.74) is 2.73. The Bertz CT molecular complexity index is 1000. The Balaban J connectivity index is 1.26. The zero-order chi connectivity index (χ0) is 21.5. The fourth-order valence-electron chi connectivity index (χ4n) is 3.99. The molecular weight excluding hydrogens is 391 g/mol. The van der Waals surface area contributed by atoms with Gasteiger partial charge in [-0.05, 0) is 43.4 Å². The zero-order valence-corrected chi connectivity index (χ0v) is 17.5. The van der Waals surface area contributed by atoms with Gasteiger partial charge in [-0.1, -0.05) is 42.5 Å². The average molecular weight is 419 g/mol. The second-order valence-electron chi connectivity index (χ2n) is 7.91. The van der Waals surface area contributed by atoms with Crippen molar-refractivity contribution in [1.82, 2.24) is 15.3 Å². The normalized spacial score (nSPS) is 14.4. The number of nitrogens with one attached hydrogen (secondary N) is 1. The summed E-state index contributed by atoms with van der Waals surface area (Å²) in [6.07, 6.45) is 5.02. The van der Waals surface area contributed by atoms with E-state index in [9.17, 15) is 9.18 Å². The van der Waals surface area contributed by atoms with E-state index in [4.69, 9.17) is 0 Å². The lowest BCUT2D eigenvalue weighted by molar-refractivity contribution is -0.125. The molecule has 1 aliphatic heterocycles. The maximum Gasteiger partial charge on any atom is 0.223 e. The molecule has 6 heteroatoms. The fraction of sp³-hybridized carbons (Fsp3) is 0.320. The quantitative estimate of drug-likeness (QED) is 0.583.